The fraction of sp³-hybridized carbons (Fsp3) is 0.250. The molecule has 0 fully saturated rings. The van der Waals surface area contributed by atoms with Crippen LogP contribution in [0.3, 0.4) is 0 Å². The molecule has 0 bridgehead atoms. The molecule has 21 heavy (non-hydrogen) atoms. The molecule has 1 heterocycles. The summed E-state index contributed by atoms with van der Waals surface area (Å²) < 4.78 is 11.6. The Hall–Kier alpha value is -2.56. The van der Waals surface area contributed by atoms with Gasteiger partial charge in [-0.2, -0.15) is 0 Å². The molecule has 5 heteroatoms. The second-order valence-electron chi connectivity index (χ2n) is 4.42. The van der Waals surface area contributed by atoms with Crippen LogP contribution in [0.15, 0.2) is 36.5 Å². The minimum Gasteiger partial charge on any atom is -0.465 e. The van der Waals surface area contributed by atoms with Crippen LogP contribution in [0.25, 0.3) is 5.69 Å². The first-order valence-corrected chi connectivity index (χ1v) is 6.63. The van der Waals surface area contributed by atoms with Crippen LogP contribution in [-0.4, -0.2) is 30.2 Å². The Kier molecular flexibility index (Phi) is 4.42. The maximum Gasteiger partial charge on any atom is 0.340 e. The van der Waals surface area contributed by atoms with Gasteiger partial charge in [0.2, 0.25) is 0 Å². The van der Waals surface area contributed by atoms with Gasteiger partial charge in [0.25, 0.3) is 0 Å². The molecule has 0 radical (unpaired) electrons. The van der Waals surface area contributed by atoms with Gasteiger partial charge in [-0.3, -0.25) is 0 Å². The molecule has 0 aliphatic rings. The Morgan fingerprint density at radius 3 is 2.38 bits per heavy atom. The summed E-state index contributed by atoms with van der Waals surface area (Å²) in [5, 5.41) is 0. The third kappa shape index (κ3) is 2.81. The molecular formula is C16H17NO4. The average molecular weight is 287 g/mol. The maximum absolute atomic E-state index is 12.1. The van der Waals surface area contributed by atoms with Crippen LogP contribution < -0.4 is 0 Å². The predicted molar refractivity (Wildman–Crippen MR) is 77.8 cm³/mol. The Bertz CT molecular complexity index is 658. The highest BCUT2D eigenvalue weighted by molar-refractivity contribution is 6.04. The van der Waals surface area contributed by atoms with Gasteiger partial charge in [0, 0.05) is 17.6 Å². The second-order valence-corrected chi connectivity index (χ2v) is 4.42. The molecule has 0 spiro atoms. The largest absolute Gasteiger partial charge is 0.465 e. The zero-order valence-corrected chi connectivity index (χ0v) is 12.3. The van der Waals surface area contributed by atoms with Gasteiger partial charge in [-0.1, -0.05) is 18.2 Å². The molecule has 0 unspecified atom stereocenters. The summed E-state index contributed by atoms with van der Waals surface area (Å²) in [4.78, 5) is 24.0. The molecule has 0 saturated heterocycles. The Morgan fingerprint density at radius 2 is 1.81 bits per heavy atom. The van der Waals surface area contributed by atoms with Gasteiger partial charge in [0.05, 0.1) is 24.8 Å². The fourth-order valence-electron chi connectivity index (χ4n) is 2.19. The summed E-state index contributed by atoms with van der Waals surface area (Å²) in [6.07, 6.45) is 1.60. The summed E-state index contributed by atoms with van der Waals surface area (Å²) in [6.45, 7) is 3.74. The zero-order chi connectivity index (χ0) is 15.4. The Balaban J connectivity index is 2.60. The number of carbonyl (C=O) groups is 2. The number of hydrogen-bond donors (Lipinski definition) is 0. The van der Waals surface area contributed by atoms with Crippen LogP contribution in [0.4, 0.5) is 0 Å². The van der Waals surface area contributed by atoms with E-state index >= 15 is 0 Å². The number of ether oxygens (including phenoxy) is 2. The van der Waals surface area contributed by atoms with Gasteiger partial charge in [0.1, 0.15) is 0 Å². The first-order valence-electron chi connectivity index (χ1n) is 6.63. The number of hydrogen-bond acceptors (Lipinski definition) is 4. The molecule has 2 aromatic rings. The normalized spacial score (nSPS) is 10.2. The van der Waals surface area contributed by atoms with Gasteiger partial charge >= 0.3 is 11.9 Å². The molecule has 0 saturated carbocycles. The Morgan fingerprint density at radius 1 is 1.14 bits per heavy atom. The van der Waals surface area contributed by atoms with E-state index in [9.17, 15) is 9.59 Å². The van der Waals surface area contributed by atoms with E-state index in [2.05, 4.69) is 0 Å². The fourth-order valence-corrected chi connectivity index (χ4v) is 2.19. The summed E-state index contributed by atoms with van der Waals surface area (Å²) in [6, 6.07) is 9.45. The number of methoxy groups -OCH3 is 1. The quantitative estimate of drug-likeness (QED) is 0.811. The first kappa shape index (κ1) is 14.8. The molecule has 0 aliphatic heterocycles. The van der Waals surface area contributed by atoms with E-state index in [0.717, 1.165) is 5.69 Å². The van der Waals surface area contributed by atoms with Crippen molar-refractivity contribution in [2.24, 2.45) is 0 Å². The minimum atomic E-state index is -0.559. The van der Waals surface area contributed by atoms with Crippen LogP contribution in [-0.2, 0) is 9.47 Å². The summed E-state index contributed by atoms with van der Waals surface area (Å²) >= 11 is 0. The van der Waals surface area contributed by atoms with Gasteiger partial charge in [-0.15, -0.1) is 0 Å². The molecular weight excluding hydrogens is 270 g/mol. The zero-order valence-electron chi connectivity index (χ0n) is 12.3. The predicted octanol–water partition coefficient (Wildman–Crippen LogP) is 2.75. The van der Waals surface area contributed by atoms with Crippen molar-refractivity contribution in [1.82, 2.24) is 4.57 Å². The molecule has 110 valence electrons. The number of carbonyl (C=O) groups excluding carboxylic acids is 2. The van der Waals surface area contributed by atoms with Crippen LogP contribution in [0, 0.1) is 6.92 Å². The highest BCUT2D eigenvalue weighted by Crippen LogP contribution is 2.23. The Labute approximate surface area is 123 Å². The van der Waals surface area contributed by atoms with E-state index in [-0.39, 0.29) is 17.7 Å². The minimum absolute atomic E-state index is 0.206. The molecule has 1 aromatic carbocycles. The summed E-state index contributed by atoms with van der Waals surface area (Å²) in [7, 11) is 1.28. The first-order chi connectivity index (χ1) is 10.1. The van der Waals surface area contributed by atoms with Gasteiger partial charge < -0.3 is 14.0 Å². The molecule has 0 amide bonds. The van der Waals surface area contributed by atoms with Crippen molar-refractivity contribution in [1.29, 1.82) is 0 Å². The molecule has 1 aromatic heterocycles. The van der Waals surface area contributed by atoms with Crippen molar-refractivity contribution < 1.29 is 19.1 Å². The lowest BCUT2D eigenvalue weighted by Crippen LogP contribution is -2.12. The average Bonchev–Trinajstić information content (AvgIpc) is 2.85. The number of benzene rings is 1. The molecule has 0 aliphatic carbocycles. The monoisotopic (exact) mass is 287 g/mol. The lowest BCUT2D eigenvalue weighted by Gasteiger charge is -2.07. The molecule has 0 atom stereocenters. The van der Waals surface area contributed by atoms with Gasteiger partial charge in [-0.05, 0) is 26.0 Å². The molecule has 0 N–H and O–H groups in total. The second kappa shape index (κ2) is 6.26. The lowest BCUT2D eigenvalue weighted by molar-refractivity contribution is 0.0504. The number of rotatable bonds is 4. The SMILES string of the molecule is CCOC(=O)c1c(C(=O)OC)cn(-c2ccccc2)c1C. The maximum atomic E-state index is 12.1. The molecule has 2 rings (SSSR count). The van der Waals surface area contributed by atoms with E-state index in [1.165, 1.54) is 7.11 Å². The van der Waals surface area contributed by atoms with Crippen molar-refractivity contribution in [2.75, 3.05) is 13.7 Å². The van der Waals surface area contributed by atoms with Crippen molar-refractivity contribution >= 4 is 11.9 Å². The topological polar surface area (TPSA) is 57.5 Å². The van der Waals surface area contributed by atoms with Crippen LogP contribution >= 0.6 is 0 Å². The molecule has 5 nitrogen and oxygen atoms in total. The van der Waals surface area contributed by atoms with Crippen molar-refractivity contribution in [3.8, 4) is 5.69 Å². The van der Waals surface area contributed by atoms with Gasteiger partial charge in [-0.25, -0.2) is 9.59 Å². The summed E-state index contributed by atoms with van der Waals surface area (Å²) in [5.41, 5.74) is 1.95. The van der Waals surface area contributed by atoms with Crippen LogP contribution in [0.1, 0.15) is 33.3 Å². The van der Waals surface area contributed by atoms with E-state index in [1.807, 2.05) is 30.3 Å². The van der Waals surface area contributed by atoms with E-state index < -0.39 is 11.9 Å². The summed E-state index contributed by atoms with van der Waals surface area (Å²) in [5.74, 6) is -1.08. The number of para-hydroxylation sites is 1. The third-order valence-electron chi connectivity index (χ3n) is 3.17. The van der Waals surface area contributed by atoms with E-state index in [4.69, 9.17) is 9.47 Å². The number of esters is 2. The highest BCUT2D eigenvalue weighted by atomic mass is 16.5. The van der Waals surface area contributed by atoms with E-state index in [1.54, 1.807) is 24.6 Å². The third-order valence-corrected chi connectivity index (χ3v) is 3.17. The van der Waals surface area contributed by atoms with Gasteiger partial charge in [0.15, 0.2) is 0 Å². The van der Waals surface area contributed by atoms with Crippen LogP contribution in [0.2, 0.25) is 0 Å². The number of aromatic nitrogens is 1. The van der Waals surface area contributed by atoms with E-state index in [0.29, 0.717) is 5.69 Å². The lowest BCUT2D eigenvalue weighted by atomic mass is 10.1. The van der Waals surface area contributed by atoms with Crippen molar-refractivity contribution in [3.63, 3.8) is 0 Å². The number of nitrogens with zero attached hydrogens (tertiary/aromatic N) is 1. The van der Waals surface area contributed by atoms with Crippen molar-refractivity contribution in [3.05, 3.63) is 53.3 Å². The van der Waals surface area contributed by atoms with Crippen LogP contribution in [0.5, 0.6) is 0 Å². The standard InChI is InChI=1S/C16H17NO4/c1-4-21-16(19)14-11(2)17(10-13(14)15(18)20-3)12-8-6-5-7-9-12/h5-10H,4H2,1-3H3. The van der Waals surface area contributed by atoms with Crippen molar-refractivity contribution in [2.45, 2.75) is 13.8 Å². The smallest absolute Gasteiger partial charge is 0.340 e. The highest BCUT2D eigenvalue weighted by Gasteiger charge is 2.25.